The fourth-order valence-corrected chi connectivity index (χ4v) is 5.94. The third-order valence-electron chi connectivity index (χ3n) is 8.74. The molecule has 2 atom stereocenters. The minimum atomic E-state index is -2.16. The molecule has 0 aromatic carbocycles. The quantitative estimate of drug-likeness (QED) is 0.345. The van der Waals surface area contributed by atoms with Gasteiger partial charge in [-0.05, 0) is 64.5 Å². The second kappa shape index (κ2) is 12.3. The number of carbonyl (C=O) groups is 2. The van der Waals surface area contributed by atoms with Crippen LogP contribution in [-0.2, 0) is 44.3 Å². The van der Waals surface area contributed by atoms with E-state index in [1.165, 1.54) is 13.0 Å². The number of aromatic nitrogens is 4. The van der Waals surface area contributed by atoms with E-state index in [-0.39, 0.29) is 41.3 Å². The largest absolute Gasteiger partial charge is 0.657 e. The molecule has 5 heterocycles. The summed E-state index contributed by atoms with van der Waals surface area (Å²) in [5.74, 6) is -2.65. The number of hydrogen-bond acceptors (Lipinski definition) is 8. The van der Waals surface area contributed by atoms with Gasteiger partial charge in [-0.25, -0.2) is 4.98 Å². The summed E-state index contributed by atoms with van der Waals surface area (Å²) in [7, 11) is 0. The molecule has 0 spiro atoms. The van der Waals surface area contributed by atoms with Crippen LogP contribution in [0.3, 0.4) is 0 Å². The van der Waals surface area contributed by atoms with E-state index in [2.05, 4.69) is 18.1 Å². The van der Waals surface area contributed by atoms with E-state index in [4.69, 9.17) is 15.0 Å². The maximum absolute atomic E-state index is 12.0. The Morgan fingerprint density at radius 3 is 2.07 bits per heavy atom. The number of carbonyl (C=O) groups excluding carboxylic acids is 2. The first-order chi connectivity index (χ1) is 20.7. The van der Waals surface area contributed by atoms with Crippen molar-refractivity contribution >= 4 is 51.2 Å². The molecule has 3 aromatic heterocycles. The molecule has 236 valence electrons. The van der Waals surface area contributed by atoms with Crippen LogP contribution in [0.25, 0.3) is 39.3 Å². The number of carboxylic acid groups (broad SMARTS) is 2. The van der Waals surface area contributed by atoms with Crippen molar-refractivity contribution < 1.29 is 47.1 Å². The van der Waals surface area contributed by atoms with Crippen molar-refractivity contribution in [3.8, 4) is 0 Å². The van der Waals surface area contributed by atoms with E-state index in [0.717, 1.165) is 16.7 Å². The normalized spacial score (nSPS) is 19.2. The fourth-order valence-electron chi connectivity index (χ4n) is 5.94. The first-order valence-corrected chi connectivity index (χ1v) is 14.2. The molecule has 45 heavy (non-hydrogen) atoms. The number of aryl methyl sites for hydroxylation is 3. The predicted molar refractivity (Wildman–Crippen MR) is 162 cm³/mol. The number of aliphatic hydroxyl groups is 2. The summed E-state index contributed by atoms with van der Waals surface area (Å²) in [5, 5.41) is 46.7. The molecule has 0 aliphatic carbocycles. The zero-order valence-electron chi connectivity index (χ0n) is 25.4. The van der Waals surface area contributed by atoms with E-state index >= 15 is 0 Å². The third-order valence-corrected chi connectivity index (χ3v) is 8.74. The zero-order chi connectivity index (χ0) is 32.1. The topological polar surface area (TPSA) is 175 Å². The molecular formula is C34H32FeN4O6-4. The molecule has 11 heteroatoms. The Morgan fingerprint density at radius 1 is 0.844 bits per heavy atom. The fraction of sp³-hybridized carbons (Fsp3) is 0.294. The molecule has 0 amide bonds. The second-order valence-electron chi connectivity index (χ2n) is 11.4. The molecule has 0 unspecified atom stereocenters. The van der Waals surface area contributed by atoms with Gasteiger partial charge < -0.3 is 40.0 Å². The summed E-state index contributed by atoms with van der Waals surface area (Å²) in [4.78, 5) is 41.9. The Kier molecular flexibility index (Phi) is 9.15. The number of aliphatic carboxylic acids is 2. The van der Waals surface area contributed by atoms with Crippen molar-refractivity contribution in [2.45, 2.75) is 64.6 Å². The average Bonchev–Trinajstić information content (AvgIpc) is 3.58. The standard InChI is InChI=1S/C34H36N4O6.Fe/c1-7-20-17(3)23-13-24-19(5)22(9-10-31(39)40)28(37-24)16-30-34(44,12-11-32(41)42)33(6,43)29(38-30)15-27-21(8-2)18(4)25(36-27)14-26(20)35-23;/h7-8,13-16,43-44H,1-2,9-12H2,3-6H3,(H4,35,36,37,38,39,40,41,42);/p-4/t33-,34+;/m0./s1. The van der Waals surface area contributed by atoms with Crippen LogP contribution in [0.15, 0.2) is 43.5 Å². The SMILES string of the molecule is C=CC1=C(C)c2cc3[n-]c(cc4nc(cc5[n-]c(cc1n2)c(C)c5C=C)[C@](C)(O)[C@@]4(O)CCC(=O)[O-])c(CCC(=O)[O-])c3C.[Fe]. The zero-order valence-corrected chi connectivity index (χ0v) is 26.5. The molecule has 2 N–H and O–H groups in total. The summed E-state index contributed by atoms with van der Waals surface area (Å²) in [6.45, 7) is 14.9. The minimum absolute atomic E-state index is 0. The number of allylic oxidation sites excluding steroid dienone is 3. The van der Waals surface area contributed by atoms with Crippen LogP contribution < -0.4 is 20.2 Å². The summed E-state index contributed by atoms with van der Waals surface area (Å²) >= 11 is 0. The van der Waals surface area contributed by atoms with Crippen LogP contribution in [0, 0.1) is 13.8 Å². The Morgan fingerprint density at radius 2 is 1.44 bits per heavy atom. The first-order valence-electron chi connectivity index (χ1n) is 14.2. The van der Waals surface area contributed by atoms with Gasteiger partial charge in [-0.15, -0.1) is 22.1 Å². The number of fused-ring (bicyclic) bond motifs is 8. The van der Waals surface area contributed by atoms with Crippen LogP contribution in [0.2, 0.25) is 0 Å². The van der Waals surface area contributed by atoms with Gasteiger partial charge in [0.1, 0.15) is 11.2 Å². The Labute approximate surface area is 270 Å². The van der Waals surface area contributed by atoms with Gasteiger partial charge in [0.05, 0.1) is 22.8 Å². The van der Waals surface area contributed by atoms with Gasteiger partial charge in [-0.3, -0.25) is 4.98 Å². The molecule has 8 bridgehead atoms. The predicted octanol–water partition coefficient (Wildman–Crippen LogP) is 2.25. The van der Waals surface area contributed by atoms with Crippen molar-refractivity contribution in [2.75, 3.05) is 0 Å². The smallest absolute Gasteiger partial charge is 0.141 e. The number of hydrogen-bond donors (Lipinski definition) is 2. The van der Waals surface area contributed by atoms with Gasteiger partial charge in [0.15, 0.2) is 0 Å². The molecule has 2 aliphatic rings. The van der Waals surface area contributed by atoms with E-state index in [1.807, 2.05) is 26.8 Å². The monoisotopic (exact) mass is 648 g/mol. The summed E-state index contributed by atoms with van der Waals surface area (Å²) in [6, 6.07) is 6.65. The van der Waals surface area contributed by atoms with Crippen LogP contribution in [0.4, 0.5) is 0 Å². The maximum atomic E-state index is 12.0. The Hall–Kier alpha value is -4.28. The molecule has 3 aromatic rings. The molecule has 0 saturated carbocycles. The molecule has 0 radical (unpaired) electrons. The average molecular weight is 648 g/mol. The minimum Gasteiger partial charge on any atom is -0.657 e. The van der Waals surface area contributed by atoms with E-state index in [0.29, 0.717) is 50.1 Å². The van der Waals surface area contributed by atoms with Crippen LogP contribution in [0.5, 0.6) is 0 Å². The Balaban J connectivity index is 0.00000461. The maximum Gasteiger partial charge on any atom is 0.141 e. The number of carboxylic acids is 2. The van der Waals surface area contributed by atoms with Crippen molar-refractivity contribution in [3.63, 3.8) is 0 Å². The summed E-state index contributed by atoms with van der Waals surface area (Å²) in [5.41, 5.74) is 3.46. The molecule has 2 aliphatic heterocycles. The van der Waals surface area contributed by atoms with Crippen molar-refractivity contribution in [1.82, 2.24) is 19.9 Å². The molecule has 0 fully saturated rings. The van der Waals surface area contributed by atoms with Crippen molar-refractivity contribution in [1.29, 1.82) is 0 Å². The van der Waals surface area contributed by atoms with Crippen LogP contribution >= 0.6 is 0 Å². The van der Waals surface area contributed by atoms with Gasteiger partial charge in [0, 0.05) is 34.6 Å². The van der Waals surface area contributed by atoms with Gasteiger partial charge >= 0.3 is 0 Å². The molecular weight excluding hydrogens is 616 g/mol. The summed E-state index contributed by atoms with van der Waals surface area (Å²) < 4.78 is 0. The van der Waals surface area contributed by atoms with Gasteiger partial charge in [0.25, 0.3) is 0 Å². The van der Waals surface area contributed by atoms with Crippen LogP contribution in [-0.4, -0.2) is 32.1 Å². The van der Waals surface area contributed by atoms with Gasteiger partial charge in [0.2, 0.25) is 0 Å². The van der Waals surface area contributed by atoms with E-state index < -0.39 is 36.0 Å². The number of nitrogens with zero attached hydrogens (tertiary/aromatic N) is 4. The van der Waals surface area contributed by atoms with Gasteiger partial charge in [-0.1, -0.05) is 66.3 Å². The summed E-state index contributed by atoms with van der Waals surface area (Å²) in [6.07, 6.45) is 2.20. The van der Waals surface area contributed by atoms with Crippen LogP contribution in [0.1, 0.15) is 78.1 Å². The van der Waals surface area contributed by atoms with Gasteiger partial charge in [-0.2, -0.15) is 0 Å². The molecule has 10 nitrogen and oxygen atoms in total. The van der Waals surface area contributed by atoms with Crippen molar-refractivity contribution in [3.05, 3.63) is 88.5 Å². The van der Waals surface area contributed by atoms with Crippen molar-refractivity contribution in [2.24, 2.45) is 0 Å². The molecule has 0 saturated heterocycles. The van der Waals surface area contributed by atoms with E-state index in [9.17, 15) is 30.0 Å². The first kappa shape index (κ1) is 33.6. The Bertz CT molecular complexity index is 1950. The third kappa shape index (κ3) is 5.68. The number of rotatable bonds is 8. The van der Waals surface area contributed by atoms with E-state index in [1.54, 1.807) is 24.3 Å². The molecule has 5 rings (SSSR count). The second-order valence-corrected chi connectivity index (χ2v) is 11.4.